The van der Waals surface area contributed by atoms with E-state index in [0.29, 0.717) is 19.6 Å². The van der Waals surface area contributed by atoms with E-state index in [-0.39, 0.29) is 6.03 Å². The molecule has 0 bridgehead atoms. The standard InChI is InChI=1S/C13H21N3O2/c1-3-15-13(17)16(9-5-8-14)11-6-4-7-12(10-11)18-2/h4,6-7,10H,3,5,8-9,14H2,1-2H3,(H,15,17). The average Bonchev–Trinajstić information content (AvgIpc) is 2.40. The number of methoxy groups -OCH3 is 1. The van der Waals surface area contributed by atoms with Crippen molar-refractivity contribution in [3.05, 3.63) is 24.3 Å². The number of ether oxygens (including phenoxy) is 1. The zero-order valence-electron chi connectivity index (χ0n) is 11.0. The van der Waals surface area contributed by atoms with Crippen LogP contribution in [0.15, 0.2) is 24.3 Å². The van der Waals surface area contributed by atoms with Crippen LogP contribution in [0.3, 0.4) is 0 Å². The molecule has 0 unspecified atom stereocenters. The molecule has 0 atom stereocenters. The van der Waals surface area contributed by atoms with Crippen LogP contribution in [-0.4, -0.2) is 32.8 Å². The number of carbonyl (C=O) groups excluding carboxylic acids is 1. The molecule has 3 N–H and O–H groups in total. The fourth-order valence-electron chi connectivity index (χ4n) is 1.62. The zero-order valence-corrected chi connectivity index (χ0v) is 11.0. The predicted molar refractivity (Wildman–Crippen MR) is 73.1 cm³/mol. The molecule has 0 spiro atoms. The van der Waals surface area contributed by atoms with Gasteiger partial charge in [-0.15, -0.1) is 0 Å². The molecule has 5 heteroatoms. The molecule has 0 heterocycles. The van der Waals surface area contributed by atoms with Crippen LogP contribution < -0.4 is 20.7 Å². The maximum atomic E-state index is 12.0. The van der Waals surface area contributed by atoms with Gasteiger partial charge in [0.05, 0.1) is 7.11 Å². The summed E-state index contributed by atoms with van der Waals surface area (Å²) in [5, 5.41) is 2.80. The monoisotopic (exact) mass is 251 g/mol. The van der Waals surface area contributed by atoms with Crippen molar-refractivity contribution < 1.29 is 9.53 Å². The van der Waals surface area contributed by atoms with Crippen LogP contribution in [0.25, 0.3) is 0 Å². The summed E-state index contributed by atoms with van der Waals surface area (Å²) < 4.78 is 5.17. The molecule has 0 fully saturated rings. The Morgan fingerprint density at radius 2 is 2.28 bits per heavy atom. The van der Waals surface area contributed by atoms with Gasteiger partial charge in [-0.05, 0) is 32.0 Å². The van der Waals surface area contributed by atoms with Gasteiger partial charge >= 0.3 is 6.03 Å². The smallest absolute Gasteiger partial charge is 0.321 e. The minimum Gasteiger partial charge on any atom is -0.497 e. The Labute approximate surface area is 108 Å². The summed E-state index contributed by atoms with van der Waals surface area (Å²) in [7, 11) is 1.61. The Bertz CT molecular complexity index is 382. The fraction of sp³-hybridized carbons (Fsp3) is 0.462. The average molecular weight is 251 g/mol. The molecule has 1 aromatic carbocycles. The first kappa shape index (κ1) is 14.3. The highest BCUT2D eigenvalue weighted by Gasteiger charge is 2.14. The molecule has 2 amide bonds. The Morgan fingerprint density at radius 3 is 2.89 bits per heavy atom. The lowest BCUT2D eigenvalue weighted by atomic mass is 10.2. The number of carbonyl (C=O) groups is 1. The van der Waals surface area contributed by atoms with E-state index in [1.807, 2.05) is 31.2 Å². The van der Waals surface area contributed by atoms with E-state index in [0.717, 1.165) is 17.9 Å². The van der Waals surface area contributed by atoms with Gasteiger partial charge in [-0.2, -0.15) is 0 Å². The number of anilines is 1. The summed E-state index contributed by atoms with van der Waals surface area (Å²) in [6, 6.07) is 7.32. The number of nitrogens with one attached hydrogen (secondary N) is 1. The van der Waals surface area contributed by atoms with Gasteiger partial charge < -0.3 is 15.8 Å². The van der Waals surface area contributed by atoms with Crippen molar-refractivity contribution in [2.75, 3.05) is 31.6 Å². The molecule has 0 aliphatic carbocycles. The highest BCUT2D eigenvalue weighted by Crippen LogP contribution is 2.21. The highest BCUT2D eigenvalue weighted by molar-refractivity contribution is 5.92. The molecule has 0 aromatic heterocycles. The van der Waals surface area contributed by atoms with Crippen LogP contribution in [-0.2, 0) is 0 Å². The fourth-order valence-corrected chi connectivity index (χ4v) is 1.62. The second-order valence-corrected chi connectivity index (χ2v) is 3.83. The number of rotatable bonds is 6. The van der Waals surface area contributed by atoms with Crippen molar-refractivity contribution in [1.29, 1.82) is 0 Å². The molecule has 1 aromatic rings. The van der Waals surface area contributed by atoms with Crippen molar-refractivity contribution in [2.45, 2.75) is 13.3 Å². The summed E-state index contributed by atoms with van der Waals surface area (Å²) in [5.41, 5.74) is 6.32. The molecule has 0 saturated heterocycles. The zero-order chi connectivity index (χ0) is 13.4. The van der Waals surface area contributed by atoms with E-state index in [2.05, 4.69) is 5.32 Å². The molecule has 100 valence electrons. The minimum absolute atomic E-state index is 0.112. The van der Waals surface area contributed by atoms with Crippen LogP contribution >= 0.6 is 0 Å². The largest absolute Gasteiger partial charge is 0.497 e. The number of urea groups is 1. The second kappa shape index (κ2) is 7.55. The molecule has 5 nitrogen and oxygen atoms in total. The van der Waals surface area contributed by atoms with Gasteiger partial charge in [0.1, 0.15) is 5.75 Å². The van der Waals surface area contributed by atoms with E-state index in [9.17, 15) is 4.79 Å². The van der Waals surface area contributed by atoms with Gasteiger partial charge in [0, 0.05) is 24.8 Å². The van der Waals surface area contributed by atoms with Crippen LogP contribution in [0.1, 0.15) is 13.3 Å². The Morgan fingerprint density at radius 1 is 1.50 bits per heavy atom. The van der Waals surface area contributed by atoms with Crippen molar-refractivity contribution in [3.8, 4) is 5.75 Å². The number of hydrogen-bond acceptors (Lipinski definition) is 3. The molecular weight excluding hydrogens is 230 g/mol. The first-order chi connectivity index (χ1) is 8.72. The van der Waals surface area contributed by atoms with Gasteiger partial charge in [-0.25, -0.2) is 4.79 Å². The SMILES string of the molecule is CCNC(=O)N(CCCN)c1cccc(OC)c1. The first-order valence-electron chi connectivity index (χ1n) is 6.12. The van der Waals surface area contributed by atoms with Crippen molar-refractivity contribution in [2.24, 2.45) is 5.73 Å². The number of benzene rings is 1. The van der Waals surface area contributed by atoms with Crippen molar-refractivity contribution in [1.82, 2.24) is 5.32 Å². The van der Waals surface area contributed by atoms with E-state index in [1.165, 1.54) is 0 Å². The molecule has 18 heavy (non-hydrogen) atoms. The lowest BCUT2D eigenvalue weighted by Crippen LogP contribution is -2.41. The summed E-state index contributed by atoms with van der Waals surface area (Å²) in [6.45, 7) is 3.64. The third-order valence-electron chi connectivity index (χ3n) is 2.52. The summed E-state index contributed by atoms with van der Waals surface area (Å²) in [6.07, 6.45) is 0.758. The normalized spacial score (nSPS) is 9.94. The maximum absolute atomic E-state index is 12.0. The number of nitrogens with two attached hydrogens (primary N) is 1. The number of amides is 2. The Kier molecular flexibility index (Phi) is 6.00. The van der Waals surface area contributed by atoms with E-state index < -0.39 is 0 Å². The maximum Gasteiger partial charge on any atom is 0.321 e. The summed E-state index contributed by atoms with van der Waals surface area (Å²) >= 11 is 0. The van der Waals surface area contributed by atoms with Crippen LogP contribution in [0, 0.1) is 0 Å². The van der Waals surface area contributed by atoms with Crippen LogP contribution in [0.5, 0.6) is 5.75 Å². The Hall–Kier alpha value is -1.75. The van der Waals surface area contributed by atoms with E-state index in [1.54, 1.807) is 12.0 Å². The highest BCUT2D eigenvalue weighted by atomic mass is 16.5. The van der Waals surface area contributed by atoms with Crippen LogP contribution in [0.2, 0.25) is 0 Å². The third kappa shape index (κ3) is 3.92. The van der Waals surface area contributed by atoms with Crippen LogP contribution in [0.4, 0.5) is 10.5 Å². The Balaban J connectivity index is 2.89. The van der Waals surface area contributed by atoms with Gasteiger partial charge in [-0.1, -0.05) is 6.07 Å². The molecule has 0 radical (unpaired) electrons. The molecule has 0 aliphatic rings. The summed E-state index contributed by atoms with van der Waals surface area (Å²) in [5.74, 6) is 0.731. The van der Waals surface area contributed by atoms with E-state index in [4.69, 9.17) is 10.5 Å². The van der Waals surface area contributed by atoms with Gasteiger partial charge in [0.25, 0.3) is 0 Å². The molecular formula is C13H21N3O2. The van der Waals surface area contributed by atoms with Gasteiger partial charge in [0.2, 0.25) is 0 Å². The second-order valence-electron chi connectivity index (χ2n) is 3.83. The molecule has 0 saturated carbocycles. The van der Waals surface area contributed by atoms with E-state index >= 15 is 0 Å². The number of hydrogen-bond donors (Lipinski definition) is 2. The topological polar surface area (TPSA) is 67.6 Å². The lowest BCUT2D eigenvalue weighted by molar-refractivity contribution is 0.246. The minimum atomic E-state index is -0.112. The quantitative estimate of drug-likeness (QED) is 0.806. The number of nitrogens with zero attached hydrogens (tertiary/aromatic N) is 1. The van der Waals surface area contributed by atoms with Crippen molar-refractivity contribution >= 4 is 11.7 Å². The third-order valence-corrected chi connectivity index (χ3v) is 2.52. The molecule has 0 aliphatic heterocycles. The molecule has 1 rings (SSSR count). The van der Waals surface area contributed by atoms with Gasteiger partial charge in [0.15, 0.2) is 0 Å². The van der Waals surface area contributed by atoms with Crippen molar-refractivity contribution in [3.63, 3.8) is 0 Å². The van der Waals surface area contributed by atoms with Gasteiger partial charge in [-0.3, -0.25) is 4.90 Å². The first-order valence-corrected chi connectivity index (χ1v) is 6.12. The lowest BCUT2D eigenvalue weighted by Gasteiger charge is -2.23. The predicted octanol–water partition coefficient (Wildman–Crippen LogP) is 1.58. The summed E-state index contributed by atoms with van der Waals surface area (Å²) in [4.78, 5) is 13.7.